The molecule has 0 aromatic rings. The third kappa shape index (κ3) is 4.25. The van der Waals surface area contributed by atoms with Gasteiger partial charge in [-0.05, 0) is 19.8 Å². The van der Waals surface area contributed by atoms with Gasteiger partial charge in [-0.2, -0.15) is 0 Å². The van der Waals surface area contributed by atoms with Crippen molar-refractivity contribution >= 4 is 9.84 Å². The molecule has 1 unspecified atom stereocenters. The van der Waals surface area contributed by atoms with E-state index in [4.69, 9.17) is 0 Å². The van der Waals surface area contributed by atoms with Crippen LogP contribution in [0.2, 0.25) is 0 Å². The van der Waals surface area contributed by atoms with Crippen LogP contribution in [0.25, 0.3) is 0 Å². The first-order valence-electron chi connectivity index (χ1n) is 6.89. The molecule has 0 spiro atoms. The molecule has 102 valence electrons. The van der Waals surface area contributed by atoms with Crippen molar-refractivity contribution in [3.05, 3.63) is 0 Å². The summed E-state index contributed by atoms with van der Waals surface area (Å²) in [6.45, 7) is 8.19. The number of nitrogens with zero attached hydrogens (tertiary/aromatic N) is 1. The van der Waals surface area contributed by atoms with Crippen LogP contribution in [-0.2, 0) is 9.84 Å². The lowest BCUT2D eigenvalue weighted by Crippen LogP contribution is -2.53. The first-order chi connectivity index (χ1) is 7.93. The molecule has 1 aliphatic heterocycles. The molecule has 4 heteroatoms. The van der Waals surface area contributed by atoms with Crippen molar-refractivity contribution in [1.82, 2.24) is 4.90 Å². The lowest BCUT2D eigenvalue weighted by Gasteiger charge is -2.43. The molecule has 1 atom stereocenters. The Kier molecular flexibility index (Phi) is 5.45. The topological polar surface area (TPSA) is 37.4 Å². The highest BCUT2D eigenvalue weighted by Gasteiger charge is 2.34. The summed E-state index contributed by atoms with van der Waals surface area (Å²) in [5.74, 6) is 0.691. The van der Waals surface area contributed by atoms with Crippen LogP contribution in [0, 0.1) is 0 Å². The lowest BCUT2D eigenvalue weighted by atomic mass is 9.88. The highest BCUT2D eigenvalue weighted by molar-refractivity contribution is 7.91. The maximum Gasteiger partial charge on any atom is 0.152 e. The predicted octanol–water partition coefficient (Wildman–Crippen LogP) is 2.47. The third-order valence-corrected chi connectivity index (χ3v) is 5.57. The third-order valence-electron chi connectivity index (χ3n) is 3.97. The molecule has 0 amide bonds. The van der Waals surface area contributed by atoms with Gasteiger partial charge in [-0.3, -0.25) is 4.90 Å². The standard InChI is InChI=1S/C13H27NO2S/c1-4-6-8-13(3,7-5-2)14-9-11-17(15,16)12-10-14/h4-12H2,1-3H3. The summed E-state index contributed by atoms with van der Waals surface area (Å²) in [6, 6.07) is 0. The van der Waals surface area contributed by atoms with Crippen molar-refractivity contribution in [3.8, 4) is 0 Å². The summed E-state index contributed by atoms with van der Waals surface area (Å²) in [5.41, 5.74) is 0.209. The van der Waals surface area contributed by atoms with Crippen molar-refractivity contribution in [3.63, 3.8) is 0 Å². The zero-order chi connectivity index (χ0) is 12.9. The van der Waals surface area contributed by atoms with Crippen LogP contribution in [0.1, 0.15) is 52.9 Å². The minimum atomic E-state index is -2.75. The summed E-state index contributed by atoms with van der Waals surface area (Å²) in [7, 11) is -2.75. The second-order valence-corrected chi connectivity index (χ2v) is 7.79. The molecule has 1 heterocycles. The molecule has 0 saturated carbocycles. The zero-order valence-corrected chi connectivity index (χ0v) is 12.4. The number of hydrogen-bond donors (Lipinski definition) is 0. The predicted molar refractivity (Wildman–Crippen MR) is 73.1 cm³/mol. The van der Waals surface area contributed by atoms with Gasteiger partial charge < -0.3 is 0 Å². The first-order valence-corrected chi connectivity index (χ1v) is 8.71. The van der Waals surface area contributed by atoms with Crippen LogP contribution in [0.3, 0.4) is 0 Å². The Hall–Kier alpha value is -0.0900. The minimum Gasteiger partial charge on any atom is -0.296 e. The van der Waals surface area contributed by atoms with Crippen molar-refractivity contribution in [2.75, 3.05) is 24.6 Å². The second-order valence-electron chi connectivity index (χ2n) is 5.49. The van der Waals surface area contributed by atoms with Gasteiger partial charge in [0.05, 0.1) is 11.5 Å². The van der Waals surface area contributed by atoms with Crippen LogP contribution in [0.4, 0.5) is 0 Å². The Bertz CT molecular complexity index is 312. The monoisotopic (exact) mass is 261 g/mol. The quantitative estimate of drug-likeness (QED) is 0.737. The SMILES string of the molecule is CCCCC(C)(CCC)N1CCS(=O)(=O)CC1. The van der Waals surface area contributed by atoms with Crippen LogP contribution >= 0.6 is 0 Å². The van der Waals surface area contributed by atoms with E-state index in [9.17, 15) is 8.42 Å². The molecule has 1 fully saturated rings. The van der Waals surface area contributed by atoms with Gasteiger partial charge in [0.15, 0.2) is 9.84 Å². The van der Waals surface area contributed by atoms with E-state index < -0.39 is 9.84 Å². The van der Waals surface area contributed by atoms with Crippen LogP contribution in [-0.4, -0.2) is 43.5 Å². The molecular formula is C13H27NO2S. The van der Waals surface area contributed by atoms with Gasteiger partial charge in [0.1, 0.15) is 0 Å². The van der Waals surface area contributed by atoms with E-state index in [0.29, 0.717) is 11.5 Å². The molecule has 1 rings (SSSR count). The van der Waals surface area contributed by atoms with E-state index in [-0.39, 0.29) is 5.54 Å². The van der Waals surface area contributed by atoms with Crippen molar-refractivity contribution in [2.24, 2.45) is 0 Å². The summed E-state index contributed by atoms with van der Waals surface area (Å²) in [5, 5.41) is 0. The fourth-order valence-corrected chi connectivity index (χ4v) is 3.99. The normalized spacial score (nSPS) is 24.4. The van der Waals surface area contributed by atoms with Gasteiger partial charge in [0, 0.05) is 18.6 Å². The molecule has 0 aliphatic carbocycles. The Labute approximate surface area is 106 Å². The molecule has 1 saturated heterocycles. The van der Waals surface area contributed by atoms with Crippen LogP contribution in [0.5, 0.6) is 0 Å². The van der Waals surface area contributed by atoms with Crippen LogP contribution in [0.15, 0.2) is 0 Å². The maximum absolute atomic E-state index is 11.5. The average Bonchev–Trinajstić information content (AvgIpc) is 2.26. The highest BCUT2D eigenvalue weighted by atomic mass is 32.2. The number of rotatable bonds is 6. The lowest BCUT2D eigenvalue weighted by molar-refractivity contribution is 0.0920. The fraction of sp³-hybridized carbons (Fsp3) is 1.00. The van der Waals surface area contributed by atoms with Gasteiger partial charge in [0.25, 0.3) is 0 Å². The van der Waals surface area contributed by atoms with E-state index in [1.165, 1.54) is 32.1 Å². The Morgan fingerprint density at radius 2 is 1.65 bits per heavy atom. The zero-order valence-electron chi connectivity index (χ0n) is 11.5. The van der Waals surface area contributed by atoms with Gasteiger partial charge in [-0.25, -0.2) is 8.42 Å². The number of sulfone groups is 1. The summed E-state index contributed by atoms with van der Waals surface area (Å²) in [6.07, 6.45) is 5.99. The smallest absolute Gasteiger partial charge is 0.152 e. The molecule has 17 heavy (non-hydrogen) atoms. The summed E-state index contributed by atoms with van der Waals surface area (Å²) < 4.78 is 22.9. The molecular weight excluding hydrogens is 234 g/mol. The number of unbranched alkanes of at least 4 members (excludes halogenated alkanes) is 1. The molecule has 0 bridgehead atoms. The minimum absolute atomic E-state index is 0.209. The summed E-state index contributed by atoms with van der Waals surface area (Å²) >= 11 is 0. The van der Waals surface area contributed by atoms with Crippen LogP contribution < -0.4 is 0 Å². The molecule has 0 aromatic carbocycles. The van der Waals surface area contributed by atoms with Crippen molar-refractivity contribution in [1.29, 1.82) is 0 Å². The average molecular weight is 261 g/mol. The Morgan fingerprint density at radius 1 is 1.06 bits per heavy atom. The van der Waals surface area contributed by atoms with E-state index in [2.05, 4.69) is 25.7 Å². The van der Waals surface area contributed by atoms with Gasteiger partial charge in [-0.1, -0.05) is 33.1 Å². The van der Waals surface area contributed by atoms with Gasteiger partial charge >= 0.3 is 0 Å². The molecule has 0 N–H and O–H groups in total. The number of hydrogen-bond acceptors (Lipinski definition) is 3. The van der Waals surface area contributed by atoms with Crippen molar-refractivity contribution in [2.45, 2.75) is 58.4 Å². The summed E-state index contributed by atoms with van der Waals surface area (Å²) in [4.78, 5) is 2.41. The largest absolute Gasteiger partial charge is 0.296 e. The molecule has 1 aliphatic rings. The first kappa shape index (κ1) is 15.0. The van der Waals surface area contributed by atoms with E-state index >= 15 is 0 Å². The molecule has 0 radical (unpaired) electrons. The van der Waals surface area contributed by atoms with E-state index in [1.54, 1.807) is 0 Å². The van der Waals surface area contributed by atoms with Gasteiger partial charge in [-0.15, -0.1) is 0 Å². The van der Waals surface area contributed by atoms with Gasteiger partial charge in [0.2, 0.25) is 0 Å². The molecule has 0 aromatic heterocycles. The van der Waals surface area contributed by atoms with Crippen molar-refractivity contribution < 1.29 is 8.42 Å². The Morgan fingerprint density at radius 3 is 2.12 bits per heavy atom. The molecule has 3 nitrogen and oxygen atoms in total. The Balaban J connectivity index is 2.64. The van der Waals surface area contributed by atoms with E-state index in [1.807, 2.05) is 0 Å². The maximum atomic E-state index is 11.5. The highest BCUT2D eigenvalue weighted by Crippen LogP contribution is 2.28. The van der Waals surface area contributed by atoms with E-state index in [0.717, 1.165) is 13.1 Å². The fourth-order valence-electron chi connectivity index (χ4n) is 2.79. The second kappa shape index (κ2) is 6.19.